The Morgan fingerprint density at radius 2 is 1.78 bits per heavy atom. The molecular formula is C18H22N2O6S. The van der Waals surface area contributed by atoms with Gasteiger partial charge in [0.15, 0.2) is 5.69 Å². The zero-order valence-corrected chi connectivity index (χ0v) is 16.5. The molecule has 146 valence electrons. The number of rotatable bonds is 9. The van der Waals surface area contributed by atoms with E-state index in [9.17, 15) is 9.59 Å². The zero-order valence-electron chi connectivity index (χ0n) is 15.7. The van der Waals surface area contributed by atoms with E-state index in [4.69, 9.17) is 14.2 Å². The Balaban J connectivity index is 2.32. The van der Waals surface area contributed by atoms with Crippen LogP contribution in [0.4, 0.5) is 0 Å². The molecule has 8 nitrogen and oxygen atoms in total. The Hall–Kier alpha value is -2.65. The minimum Gasteiger partial charge on any atom is -0.496 e. The number of nitrogens with zero attached hydrogens (tertiary/aromatic N) is 2. The topological polar surface area (TPSA) is 87.2 Å². The second-order valence-electron chi connectivity index (χ2n) is 5.38. The average molecular weight is 394 g/mol. The summed E-state index contributed by atoms with van der Waals surface area (Å²) in [5.74, 6) is 0.0298. The Morgan fingerprint density at radius 1 is 1.11 bits per heavy atom. The summed E-state index contributed by atoms with van der Waals surface area (Å²) in [5.41, 5.74) is 0.537. The number of methoxy groups -OCH3 is 4. The van der Waals surface area contributed by atoms with E-state index in [2.05, 4.69) is 9.72 Å². The Labute approximate surface area is 161 Å². The van der Waals surface area contributed by atoms with Gasteiger partial charge in [0, 0.05) is 19.0 Å². The summed E-state index contributed by atoms with van der Waals surface area (Å²) in [5, 5.41) is 2.21. The molecule has 2 rings (SSSR count). The largest absolute Gasteiger partial charge is 0.496 e. The first-order valence-corrected chi connectivity index (χ1v) is 8.95. The average Bonchev–Trinajstić information content (AvgIpc) is 3.17. The smallest absolute Gasteiger partial charge is 0.357 e. The molecule has 0 radical (unpaired) electrons. The van der Waals surface area contributed by atoms with E-state index in [-0.39, 0.29) is 18.1 Å². The second kappa shape index (κ2) is 9.89. The van der Waals surface area contributed by atoms with Crippen molar-refractivity contribution in [1.29, 1.82) is 0 Å². The van der Waals surface area contributed by atoms with E-state index >= 15 is 0 Å². The summed E-state index contributed by atoms with van der Waals surface area (Å²) >= 11 is 1.28. The van der Waals surface area contributed by atoms with E-state index in [1.165, 1.54) is 32.7 Å². The SMILES string of the molecule is COCCN(Cc1nc(C(=O)OC)cs1)C(=O)c1c(OC)cccc1OC. The highest BCUT2D eigenvalue weighted by Gasteiger charge is 2.25. The van der Waals surface area contributed by atoms with Gasteiger partial charge in [0.25, 0.3) is 5.91 Å². The molecule has 1 aromatic heterocycles. The van der Waals surface area contributed by atoms with Gasteiger partial charge in [-0.1, -0.05) is 6.07 Å². The predicted octanol–water partition coefficient (Wildman–Crippen LogP) is 2.24. The highest BCUT2D eigenvalue weighted by molar-refractivity contribution is 7.09. The monoisotopic (exact) mass is 394 g/mol. The fourth-order valence-electron chi connectivity index (χ4n) is 2.42. The van der Waals surface area contributed by atoms with Crippen LogP contribution in [-0.2, 0) is 16.0 Å². The molecule has 0 aliphatic carbocycles. The molecule has 0 aliphatic heterocycles. The lowest BCUT2D eigenvalue weighted by molar-refractivity contribution is 0.0594. The summed E-state index contributed by atoms with van der Waals surface area (Å²) in [6.07, 6.45) is 0. The lowest BCUT2D eigenvalue weighted by Crippen LogP contribution is -2.34. The Morgan fingerprint density at radius 3 is 2.33 bits per heavy atom. The molecule has 2 aromatic rings. The number of esters is 1. The van der Waals surface area contributed by atoms with Gasteiger partial charge in [-0.25, -0.2) is 9.78 Å². The Bertz CT molecular complexity index is 770. The van der Waals surface area contributed by atoms with Crippen molar-refractivity contribution in [2.24, 2.45) is 0 Å². The summed E-state index contributed by atoms with van der Waals surface area (Å²) in [6, 6.07) is 5.14. The highest BCUT2D eigenvalue weighted by Crippen LogP contribution is 2.30. The molecule has 9 heteroatoms. The van der Waals surface area contributed by atoms with Crippen LogP contribution in [0.15, 0.2) is 23.6 Å². The van der Waals surface area contributed by atoms with Crippen LogP contribution in [0.1, 0.15) is 25.9 Å². The van der Waals surface area contributed by atoms with Crippen molar-refractivity contribution < 1.29 is 28.5 Å². The lowest BCUT2D eigenvalue weighted by atomic mass is 10.1. The first-order chi connectivity index (χ1) is 13.0. The lowest BCUT2D eigenvalue weighted by Gasteiger charge is -2.23. The maximum Gasteiger partial charge on any atom is 0.357 e. The molecular weight excluding hydrogens is 372 g/mol. The molecule has 0 N–H and O–H groups in total. The third-order valence-corrected chi connectivity index (χ3v) is 4.60. The molecule has 0 bridgehead atoms. The van der Waals surface area contributed by atoms with Gasteiger partial charge < -0.3 is 23.8 Å². The maximum atomic E-state index is 13.2. The number of hydrogen-bond acceptors (Lipinski definition) is 8. The van der Waals surface area contributed by atoms with Crippen molar-refractivity contribution in [3.05, 3.63) is 39.8 Å². The zero-order chi connectivity index (χ0) is 19.8. The first-order valence-electron chi connectivity index (χ1n) is 8.07. The number of ether oxygens (including phenoxy) is 4. The van der Waals surface area contributed by atoms with Crippen LogP contribution in [0.3, 0.4) is 0 Å². The number of carbonyl (C=O) groups excluding carboxylic acids is 2. The van der Waals surface area contributed by atoms with Gasteiger partial charge in [-0.2, -0.15) is 0 Å². The third-order valence-electron chi connectivity index (χ3n) is 3.77. The van der Waals surface area contributed by atoms with Gasteiger partial charge in [0.2, 0.25) is 0 Å². The normalized spacial score (nSPS) is 10.4. The summed E-state index contributed by atoms with van der Waals surface area (Å²) in [6.45, 7) is 0.896. The van der Waals surface area contributed by atoms with E-state index in [0.29, 0.717) is 35.2 Å². The van der Waals surface area contributed by atoms with Crippen LogP contribution in [-0.4, -0.2) is 63.4 Å². The summed E-state index contributed by atoms with van der Waals surface area (Å²) < 4.78 is 20.5. The fraction of sp³-hybridized carbons (Fsp3) is 0.389. The standard InChI is InChI=1S/C18H22N2O6S/c1-23-9-8-20(10-15-19-12(11-27-15)18(22)26-4)17(21)16-13(24-2)6-5-7-14(16)25-3/h5-7,11H,8-10H2,1-4H3. The maximum absolute atomic E-state index is 13.2. The molecule has 1 aromatic carbocycles. The van der Waals surface area contributed by atoms with Crippen LogP contribution >= 0.6 is 11.3 Å². The number of carbonyl (C=O) groups is 2. The highest BCUT2D eigenvalue weighted by atomic mass is 32.1. The number of amides is 1. The van der Waals surface area contributed by atoms with Gasteiger partial charge in [0.05, 0.1) is 34.5 Å². The number of thiazole rings is 1. The molecule has 0 spiro atoms. The molecule has 0 aliphatic rings. The summed E-state index contributed by atoms with van der Waals surface area (Å²) in [4.78, 5) is 30.6. The van der Waals surface area contributed by atoms with Crippen molar-refractivity contribution in [3.63, 3.8) is 0 Å². The van der Waals surface area contributed by atoms with Crippen LogP contribution in [0.25, 0.3) is 0 Å². The quantitative estimate of drug-likeness (QED) is 0.603. The van der Waals surface area contributed by atoms with Gasteiger partial charge in [-0.15, -0.1) is 11.3 Å². The molecule has 0 unspecified atom stereocenters. The minimum atomic E-state index is -0.515. The van der Waals surface area contributed by atoms with E-state index in [0.717, 1.165) is 0 Å². The van der Waals surface area contributed by atoms with Crippen molar-refractivity contribution >= 4 is 23.2 Å². The van der Waals surface area contributed by atoms with Gasteiger partial charge in [0.1, 0.15) is 22.1 Å². The fourth-order valence-corrected chi connectivity index (χ4v) is 3.20. The molecule has 1 heterocycles. The van der Waals surface area contributed by atoms with E-state index in [1.54, 1.807) is 35.6 Å². The second-order valence-corrected chi connectivity index (χ2v) is 6.32. The summed E-state index contributed by atoms with van der Waals surface area (Å²) in [7, 11) is 5.85. The van der Waals surface area contributed by atoms with Crippen LogP contribution in [0, 0.1) is 0 Å². The van der Waals surface area contributed by atoms with Crippen molar-refractivity contribution in [3.8, 4) is 11.5 Å². The van der Waals surface area contributed by atoms with Crippen LogP contribution < -0.4 is 9.47 Å². The molecule has 27 heavy (non-hydrogen) atoms. The van der Waals surface area contributed by atoms with Crippen LogP contribution in [0.5, 0.6) is 11.5 Å². The Kier molecular flexibility index (Phi) is 7.56. The number of hydrogen-bond donors (Lipinski definition) is 0. The first kappa shape index (κ1) is 20.7. The molecule has 0 saturated heterocycles. The van der Waals surface area contributed by atoms with E-state index in [1.807, 2.05) is 0 Å². The minimum absolute atomic E-state index is 0.213. The molecule has 1 amide bonds. The van der Waals surface area contributed by atoms with Gasteiger partial charge in [-0.3, -0.25) is 4.79 Å². The van der Waals surface area contributed by atoms with Gasteiger partial charge in [-0.05, 0) is 12.1 Å². The predicted molar refractivity (Wildman–Crippen MR) is 99.6 cm³/mol. The van der Waals surface area contributed by atoms with Gasteiger partial charge >= 0.3 is 5.97 Å². The van der Waals surface area contributed by atoms with Crippen LogP contribution in [0.2, 0.25) is 0 Å². The van der Waals surface area contributed by atoms with Crippen molar-refractivity contribution in [1.82, 2.24) is 9.88 Å². The van der Waals surface area contributed by atoms with Crippen molar-refractivity contribution in [2.45, 2.75) is 6.54 Å². The van der Waals surface area contributed by atoms with Crippen molar-refractivity contribution in [2.75, 3.05) is 41.6 Å². The number of aromatic nitrogens is 1. The molecule has 0 fully saturated rings. The van der Waals surface area contributed by atoms with E-state index < -0.39 is 5.97 Å². The molecule has 0 atom stereocenters. The number of benzene rings is 1. The molecule has 0 saturated carbocycles. The third kappa shape index (κ3) is 4.95.